The van der Waals surface area contributed by atoms with Gasteiger partial charge >= 0.3 is 0 Å². The van der Waals surface area contributed by atoms with E-state index in [1.807, 2.05) is 32.2 Å². The summed E-state index contributed by atoms with van der Waals surface area (Å²) in [6.45, 7) is 7.43. The average Bonchev–Trinajstić information content (AvgIpc) is 2.49. The van der Waals surface area contributed by atoms with Crippen LogP contribution in [0.1, 0.15) is 56.3 Å². The lowest BCUT2D eigenvalue weighted by molar-refractivity contribution is -0.121. The van der Waals surface area contributed by atoms with E-state index in [1.165, 1.54) is 32.4 Å². The fourth-order valence-electron chi connectivity index (χ4n) is 2.78. The topological polar surface area (TPSA) is 45.2 Å². The minimum atomic E-state index is 0.0283. The van der Waals surface area contributed by atoms with Gasteiger partial charge in [-0.1, -0.05) is 12.5 Å². The number of likely N-dealkylation sites (tertiary alicyclic amines) is 1. The number of carbonyl (C=O) groups excluding carboxylic acids is 1. The van der Waals surface area contributed by atoms with Gasteiger partial charge in [0, 0.05) is 18.3 Å². The Bertz CT molecular complexity index is 438. The van der Waals surface area contributed by atoms with E-state index in [1.54, 1.807) is 0 Å². The van der Waals surface area contributed by atoms with Gasteiger partial charge in [0.25, 0.3) is 0 Å². The van der Waals surface area contributed by atoms with Crippen LogP contribution in [-0.4, -0.2) is 35.4 Å². The highest BCUT2D eigenvalue weighted by molar-refractivity contribution is 5.76. The molecule has 1 fully saturated rings. The van der Waals surface area contributed by atoms with Gasteiger partial charge in [-0.25, -0.2) is 0 Å². The van der Waals surface area contributed by atoms with E-state index in [-0.39, 0.29) is 11.9 Å². The number of amides is 1. The van der Waals surface area contributed by atoms with Crippen molar-refractivity contribution in [3.8, 4) is 0 Å². The van der Waals surface area contributed by atoms with Gasteiger partial charge < -0.3 is 10.2 Å². The summed E-state index contributed by atoms with van der Waals surface area (Å²) >= 11 is 0. The quantitative estimate of drug-likeness (QED) is 0.876. The third kappa shape index (κ3) is 5.46. The number of carbonyl (C=O) groups is 1. The van der Waals surface area contributed by atoms with E-state index < -0.39 is 0 Å². The van der Waals surface area contributed by atoms with Gasteiger partial charge in [0.2, 0.25) is 5.91 Å². The fourth-order valence-corrected chi connectivity index (χ4v) is 2.78. The predicted molar refractivity (Wildman–Crippen MR) is 85.1 cm³/mol. The summed E-state index contributed by atoms with van der Waals surface area (Å²) in [5, 5.41) is 3.06. The van der Waals surface area contributed by atoms with Crippen molar-refractivity contribution in [2.45, 2.75) is 52.0 Å². The summed E-state index contributed by atoms with van der Waals surface area (Å²) < 4.78 is 0. The lowest BCUT2D eigenvalue weighted by Gasteiger charge is -2.26. The van der Waals surface area contributed by atoms with Crippen LogP contribution in [0.15, 0.2) is 18.3 Å². The highest BCUT2D eigenvalue weighted by Gasteiger charge is 2.12. The second-order valence-corrected chi connectivity index (χ2v) is 6.03. The first kappa shape index (κ1) is 16.0. The number of nitrogens with zero attached hydrogens (tertiary/aromatic N) is 2. The lowest BCUT2D eigenvalue weighted by Crippen LogP contribution is -2.32. The molecule has 116 valence electrons. The van der Waals surface area contributed by atoms with Gasteiger partial charge in [0.1, 0.15) is 0 Å². The van der Waals surface area contributed by atoms with E-state index in [0.717, 1.165) is 24.2 Å². The molecule has 21 heavy (non-hydrogen) atoms. The minimum absolute atomic E-state index is 0.0283. The maximum atomic E-state index is 12.0. The third-order valence-corrected chi connectivity index (χ3v) is 4.14. The molecule has 0 bridgehead atoms. The molecule has 0 spiro atoms. The molecule has 1 amide bonds. The van der Waals surface area contributed by atoms with Crippen LogP contribution in [0, 0.1) is 6.92 Å². The van der Waals surface area contributed by atoms with Crippen LogP contribution in [0.25, 0.3) is 0 Å². The summed E-state index contributed by atoms with van der Waals surface area (Å²) in [4.78, 5) is 18.7. The molecule has 1 aliphatic heterocycles. The van der Waals surface area contributed by atoms with E-state index in [4.69, 9.17) is 0 Å². The van der Waals surface area contributed by atoms with Crippen LogP contribution in [0.4, 0.5) is 0 Å². The van der Waals surface area contributed by atoms with E-state index in [0.29, 0.717) is 6.42 Å². The molecule has 2 rings (SSSR count). The van der Waals surface area contributed by atoms with E-state index in [2.05, 4.69) is 15.2 Å². The highest BCUT2D eigenvalue weighted by atomic mass is 16.1. The molecule has 0 radical (unpaired) electrons. The molecule has 0 aliphatic carbocycles. The number of piperidine rings is 1. The van der Waals surface area contributed by atoms with Gasteiger partial charge in [-0.15, -0.1) is 0 Å². The number of rotatable bonds is 6. The van der Waals surface area contributed by atoms with E-state index in [9.17, 15) is 4.79 Å². The Labute approximate surface area is 127 Å². The number of pyridine rings is 1. The summed E-state index contributed by atoms with van der Waals surface area (Å²) in [6, 6.07) is 4.04. The van der Waals surface area contributed by atoms with Crippen molar-refractivity contribution in [2.75, 3.05) is 19.6 Å². The molecule has 1 aromatic heterocycles. The van der Waals surface area contributed by atoms with Crippen molar-refractivity contribution in [1.29, 1.82) is 0 Å². The van der Waals surface area contributed by atoms with Crippen molar-refractivity contribution in [2.24, 2.45) is 0 Å². The molecule has 1 atom stereocenters. The van der Waals surface area contributed by atoms with E-state index >= 15 is 0 Å². The van der Waals surface area contributed by atoms with Gasteiger partial charge in [-0.2, -0.15) is 0 Å². The molecule has 0 aromatic carbocycles. The normalized spacial score (nSPS) is 17.4. The molecular formula is C17H27N3O. The van der Waals surface area contributed by atoms with Crippen LogP contribution in [0.2, 0.25) is 0 Å². The second-order valence-electron chi connectivity index (χ2n) is 6.03. The Kier molecular flexibility index (Phi) is 6.18. The average molecular weight is 289 g/mol. The first-order chi connectivity index (χ1) is 10.1. The Morgan fingerprint density at radius 2 is 2.10 bits per heavy atom. The van der Waals surface area contributed by atoms with Crippen molar-refractivity contribution in [3.05, 3.63) is 29.6 Å². The number of nitrogens with one attached hydrogen (secondary N) is 1. The summed E-state index contributed by atoms with van der Waals surface area (Å²) in [7, 11) is 0. The van der Waals surface area contributed by atoms with Gasteiger partial charge in [0.15, 0.2) is 0 Å². The van der Waals surface area contributed by atoms with Crippen molar-refractivity contribution in [3.63, 3.8) is 0 Å². The third-order valence-electron chi connectivity index (χ3n) is 4.14. The van der Waals surface area contributed by atoms with Crippen molar-refractivity contribution < 1.29 is 4.79 Å². The fraction of sp³-hybridized carbons (Fsp3) is 0.647. The molecule has 1 saturated heterocycles. The standard InChI is InChI=1S/C17H27N3O/c1-14-8-9-16(13-18-14)15(2)19-17(21)7-6-12-20-10-4-3-5-11-20/h8-9,13,15H,3-7,10-12H2,1-2H3,(H,19,21). The van der Waals surface area contributed by atoms with Crippen molar-refractivity contribution >= 4 is 5.91 Å². The first-order valence-corrected chi connectivity index (χ1v) is 8.09. The zero-order valence-electron chi connectivity index (χ0n) is 13.3. The number of aromatic nitrogens is 1. The maximum Gasteiger partial charge on any atom is 0.220 e. The summed E-state index contributed by atoms with van der Waals surface area (Å²) in [5.74, 6) is 0.139. The Hall–Kier alpha value is -1.42. The Morgan fingerprint density at radius 3 is 2.76 bits per heavy atom. The summed E-state index contributed by atoms with van der Waals surface area (Å²) in [6.07, 6.45) is 7.38. The minimum Gasteiger partial charge on any atom is -0.350 e. The highest BCUT2D eigenvalue weighted by Crippen LogP contribution is 2.12. The zero-order chi connectivity index (χ0) is 15.1. The predicted octanol–water partition coefficient (Wildman–Crippen LogP) is 2.83. The zero-order valence-corrected chi connectivity index (χ0v) is 13.3. The maximum absolute atomic E-state index is 12.0. The molecule has 4 nitrogen and oxygen atoms in total. The molecule has 4 heteroatoms. The van der Waals surface area contributed by atoms with Crippen LogP contribution >= 0.6 is 0 Å². The number of hydrogen-bond donors (Lipinski definition) is 1. The second kappa shape index (κ2) is 8.13. The molecule has 1 aliphatic rings. The number of aryl methyl sites for hydroxylation is 1. The van der Waals surface area contributed by atoms with Crippen LogP contribution in [0.5, 0.6) is 0 Å². The van der Waals surface area contributed by atoms with Gasteiger partial charge in [0.05, 0.1) is 6.04 Å². The largest absolute Gasteiger partial charge is 0.350 e. The molecule has 1 N–H and O–H groups in total. The lowest BCUT2D eigenvalue weighted by atomic mass is 10.1. The molecule has 1 aromatic rings. The SMILES string of the molecule is Cc1ccc(C(C)NC(=O)CCCN2CCCCC2)cn1. The van der Waals surface area contributed by atoms with Crippen molar-refractivity contribution in [1.82, 2.24) is 15.2 Å². The summed E-state index contributed by atoms with van der Waals surface area (Å²) in [5.41, 5.74) is 2.06. The molecule has 2 heterocycles. The van der Waals surface area contributed by atoms with Crippen LogP contribution in [-0.2, 0) is 4.79 Å². The van der Waals surface area contributed by atoms with Crippen LogP contribution in [0.3, 0.4) is 0 Å². The Balaban J connectivity index is 1.67. The number of hydrogen-bond acceptors (Lipinski definition) is 3. The smallest absolute Gasteiger partial charge is 0.220 e. The van der Waals surface area contributed by atoms with Gasteiger partial charge in [-0.05, 0) is 64.4 Å². The molecular weight excluding hydrogens is 262 g/mol. The molecule has 1 unspecified atom stereocenters. The first-order valence-electron chi connectivity index (χ1n) is 8.09. The monoisotopic (exact) mass is 289 g/mol. The van der Waals surface area contributed by atoms with Crippen LogP contribution < -0.4 is 5.32 Å². The Morgan fingerprint density at radius 1 is 1.33 bits per heavy atom. The molecule has 0 saturated carbocycles. The van der Waals surface area contributed by atoms with Gasteiger partial charge in [-0.3, -0.25) is 9.78 Å².